The van der Waals surface area contributed by atoms with Gasteiger partial charge in [0.05, 0.1) is 22.6 Å². The predicted molar refractivity (Wildman–Crippen MR) is 114 cm³/mol. The number of hydrogen-bond acceptors (Lipinski definition) is 6. The van der Waals surface area contributed by atoms with Gasteiger partial charge in [-0.05, 0) is 48.0 Å². The maximum absolute atomic E-state index is 12.9. The van der Waals surface area contributed by atoms with E-state index in [9.17, 15) is 27.7 Å². The van der Waals surface area contributed by atoms with Crippen molar-refractivity contribution in [2.24, 2.45) is 0 Å². The average molecular weight is 459 g/mol. The molecule has 3 aromatic rings. The number of nitro groups is 1. The molecule has 9 nitrogen and oxygen atoms in total. The Balaban J connectivity index is 1.73. The number of rotatable bonds is 8. The Morgan fingerprint density at radius 2 is 1.72 bits per heavy atom. The van der Waals surface area contributed by atoms with Crippen LogP contribution in [0.1, 0.15) is 15.9 Å². The number of nitrogens with zero attached hydrogens (tertiary/aromatic N) is 1. The van der Waals surface area contributed by atoms with Gasteiger partial charge in [0.2, 0.25) is 0 Å². The van der Waals surface area contributed by atoms with Gasteiger partial charge in [-0.3, -0.25) is 19.6 Å². The lowest BCUT2D eigenvalue weighted by Crippen LogP contribution is -2.23. The highest BCUT2D eigenvalue weighted by atomic mass is 32.2. The van der Waals surface area contributed by atoms with E-state index in [1.165, 1.54) is 55.6 Å². The molecule has 32 heavy (non-hydrogen) atoms. The number of carbonyl (C=O) groups is 1. The second-order valence-electron chi connectivity index (χ2n) is 6.58. The number of nitro benzene ring substituents is 1. The molecule has 3 aromatic carbocycles. The third-order valence-corrected chi connectivity index (χ3v) is 5.81. The number of anilines is 1. The lowest BCUT2D eigenvalue weighted by molar-refractivity contribution is -0.384. The monoisotopic (exact) mass is 459 g/mol. The minimum absolute atomic E-state index is 0.0946. The number of benzene rings is 3. The van der Waals surface area contributed by atoms with Crippen LogP contribution in [0, 0.1) is 15.9 Å². The quantitative estimate of drug-likeness (QED) is 0.392. The molecule has 0 bridgehead atoms. The SMILES string of the molecule is COc1ccc([N+](=O)[O-])cc1NS(=O)(=O)c1ccc(C(=O)NCc2ccc(F)cc2)cc1. The first-order valence-electron chi connectivity index (χ1n) is 9.17. The van der Waals surface area contributed by atoms with Crippen molar-refractivity contribution in [2.45, 2.75) is 11.4 Å². The van der Waals surface area contributed by atoms with Crippen molar-refractivity contribution in [2.75, 3.05) is 11.8 Å². The Morgan fingerprint density at radius 3 is 2.31 bits per heavy atom. The summed E-state index contributed by atoms with van der Waals surface area (Å²) in [6.07, 6.45) is 0. The van der Waals surface area contributed by atoms with Crippen LogP contribution in [0.5, 0.6) is 5.75 Å². The van der Waals surface area contributed by atoms with Gasteiger partial charge in [-0.2, -0.15) is 0 Å². The average Bonchev–Trinajstić information content (AvgIpc) is 2.78. The third kappa shape index (κ3) is 5.38. The van der Waals surface area contributed by atoms with Crippen LogP contribution in [-0.2, 0) is 16.6 Å². The number of sulfonamides is 1. The largest absolute Gasteiger partial charge is 0.495 e. The molecule has 0 spiro atoms. The first-order valence-corrected chi connectivity index (χ1v) is 10.7. The first kappa shape index (κ1) is 22.7. The number of hydrogen-bond donors (Lipinski definition) is 2. The van der Waals surface area contributed by atoms with Gasteiger partial charge in [0, 0.05) is 24.2 Å². The number of methoxy groups -OCH3 is 1. The molecule has 0 radical (unpaired) electrons. The number of amides is 1. The normalized spacial score (nSPS) is 10.9. The molecule has 11 heteroatoms. The number of nitrogens with one attached hydrogen (secondary N) is 2. The topological polar surface area (TPSA) is 128 Å². The van der Waals surface area contributed by atoms with Crippen LogP contribution in [-0.4, -0.2) is 26.4 Å². The van der Waals surface area contributed by atoms with E-state index in [1.807, 2.05) is 0 Å². The molecule has 166 valence electrons. The number of halogens is 1. The molecule has 3 rings (SSSR count). The van der Waals surface area contributed by atoms with Crippen molar-refractivity contribution < 1.29 is 27.3 Å². The van der Waals surface area contributed by atoms with Gasteiger partial charge in [-0.15, -0.1) is 0 Å². The predicted octanol–water partition coefficient (Wildman–Crippen LogP) is 3.47. The Kier molecular flexibility index (Phi) is 6.69. The maximum Gasteiger partial charge on any atom is 0.271 e. The van der Waals surface area contributed by atoms with E-state index in [2.05, 4.69) is 10.0 Å². The molecular formula is C21H18FN3O6S. The summed E-state index contributed by atoms with van der Waals surface area (Å²) >= 11 is 0. The molecule has 0 aromatic heterocycles. The van der Waals surface area contributed by atoms with Gasteiger partial charge >= 0.3 is 0 Å². The van der Waals surface area contributed by atoms with Crippen LogP contribution in [0.3, 0.4) is 0 Å². The Bertz CT molecular complexity index is 1250. The van der Waals surface area contributed by atoms with Crippen molar-refractivity contribution in [3.05, 3.63) is 93.8 Å². The zero-order chi connectivity index (χ0) is 23.3. The second kappa shape index (κ2) is 9.43. The smallest absolute Gasteiger partial charge is 0.271 e. The van der Waals surface area contributed by atoms with Gasteiger partial charge in [-0.25, -0.2) is 12.8 Å². The highest BCUT2D eigenvalue weighted by Gasteiger charge is 2.20. The lowest BCUT2D eigenvalue weighted by atomic mass is 10.2. The van der Waals surface area contributed by atoms with Crippen LogP contribution in [0.4, 0.5) is 15.8 Å². The van der Waals surface area contributed by atoms with Crippen molar-refractivity contribution in [1.82, 2.24) is 5.32 Å². The van der Waals surface area contributed by atoms with Crippen LogP contribution in [0.2, 0.25) is 0 Å². The van der Waals surface area contributed by atoms with E-state index in [1.54, 1.807) is 12.1 Å². The van der Waals surface area contributed by atoms with E-state index in [4.69, 9.17) is 4.74 Å². The fourth-order valence-electron chi connectivity index (χ4n) is 2.77. The van der Waals surface area contributed by atoms with Gasteiger partial charge in [-0.1, -0.05) is 12.1 Å². The van der Waals surface area contributed by atoms with Crippen LogP contribution < -0.4 is 14.8 Å². The van der Waals surface area contributed by atoms with Crippen LogP contribution in [0.25, 0.3) is 0 Å². The van der Waals surface area contributed by atoms with Crippen molar-refractivity contribution in [3.63, 3.8) is 0 Å². The molecule has 0 atom stereocenters. The zero-order valence-corrected chi connectivity index (χ0v) is 17.6. The molecule has 0 aliphatic carbocycles. The summed E-state index contributed by atoms with van der Waals surface area (Å²) in [5.74, 6) is -0.712. The summed E-state index contributed by atoms with van der Waals surface area (Å²) in [4.78, 5) is 22.5. The highest BCUT2D eigenvalue weighted by Crippen LogP contribution is 2.30. The molecule has 2 N–H and O–H groups in total. The van der Waals surface area contributed by atoms with Crippen molar-refractivity contribution in [3.8, 4) is 5.75 Å². The van der Waals surface area contributed by atoms with Crippen LogP contribution in [0.15, 0.2) is 71.6 Å². The molecule has 0 saturated carbocycles. The van der Waals surface area contributed by atoms with Gasteiger partial charge < -0.3 is 10.1 Å². The van der Waals surface area contributed by atoms with E-state index in [0.29, 0.717) is 5.56 Å². The molecular weight excluding hydrogens is 441 g/mol. The van der Waals surface area contributed by atoms with Gasteiger partial charge in [0.1, 0.15) is 11.6 Å². The summed E-state index contributed by atoms with van der Waals surface area (Å²) < 4.78 is 45.7. The maximum atomic E-state index is 12.9. The summed E-state index contributed by atoms with van der Waals surface area (Å²) in [6.45, 7) is 0.174. The van der Waals surface area contributed by atoms with E-state index in [-0.39, 0.29) is 39.9 Å². The number of ether oxygens (including phenoxy) is 1. The molecule has 0 aliphatic rings. The van der Waals surface area contributed by atoms with Crippen molar-refractivity contribution in [1.29, 1.82) is 0 Å². The third-order valence-electron chi connectivity index (χ3n) is 4.43. The summed E-state index contributed by atoms with van der Waals surface area (Å²) in [6, 6.07) is 14.3. The number of carbonyl (C=O) groups excluding carboxylic acids is 1. The van der Waals surface area contributed by atoms with E-state index < -0.39 is 20.9 Å². The Labute approximate surface area is 183 Å². The molecule has 0 unspecified atom stereocenters. The second-order valence-corrected chi connectivity index (χ2v) is 8.26. The summed E-state index contributed by atoms with van der Waals surface area (Å²) in [7, 11) is -2.81. The Hall–Kier alpha value is -3.99. The Morgan fingerprint density at radius 1 is 1.06 bits per heavy atom. The molecule has 0 heterocycles. The molecule has 0 saturated heterocycles. The molecule has 0 fully saturated rings. The zero-order valence-electron chi connectivity index (χ0n) is 16.7. The van der Waals surface area contributed by atoms with Gasteiger partial charge in [0.25, 0.3) is 21.6 Å². The minimum Gasteiger partial charge on any atom is -0.495 e. The van der Waals surface area contributed by atoms with Crippen molar-refractivity contribution >= 4 is 27.3 Å². The highest BCUT2D eigenvalue weighted by molar-refractivity contribution is 7.92. The summed E-state index contributed by atoms with van der Waals surface area (Å²) in [5.41, 5.74) is 0.521. The fourth-order valence-corrected chi connectivity index (χ4v) is 3.83. The molecule has 1 amide bonds. The van der Waals surface area contributed by atoms with E-state index >= 15 is 0 Å². The molecule has 0 aliphatic heterocycles. The summed E-state index contributed by atoms with van der Waals surface area (Å²) in [5, 5.41) is 13.6. The lowest BCUT2D eigenvalue weighted by Gasteiger charge is -2.12. The standard InChI is InChI=1S/C21H18FN3O6S/c1-31-20-11-8-17(25(27)28)12-19(20)24-32(29,30)18-9-4-15(5-10-18)21(26)23-13-14-2-6-16(22)7-3-14/h2-12,24H,13H2,1H3,(H,23,26). The fraction of sp³-hybridized carbons (Fsp3) is 0.0952. The van der Waals surface area contributed by atoms with E-state index in [0.717, 1.165) is 6.07 Å². The van der Waals surface area contributed by atoms with Gasteiger partial charge in [0.15, 0.2) is 0 Å². The minimum atomic E-state index is -4.11. The number of non-ortho nitro benzene ring substituents is 1. The first-order chi connectivity index (χ1) is 15.2. The van der Waals surface area contributed by atoms with Crippen LogP contribution >= 0.6 is 0 Å².